The molecule has 0 amide bonds. The fourth-order valence-electron chi connectivity index (χ4n) is 9.15. The van der Waals surface area contributed by atoms with Crippen molar-refractivity contribution >= 4 is 38.5 Å². The van der Waals surface area contributed by atoms with E-state index < -0.39 is 0 Å². The summed E-state index contributed by atoms with van der Waals surface area (Å²) in [5, 5.41) is 4.98. The van der Waals surface area contributed by atoms with Crippen molar-refractivity contribution in [1.82, 2.24) is 0 Å². The van der Waals surface area contributed by atoms with Crippen molar-refractivity contribution in [1.29, 1.82) is 0 Å². The lowest BCUT2D eigenvalue weighted by Gasteiger charge is -2.35. The molecule has 0 heterocycles. The number of fused-ring (bicyclic) bond motifs is 2. The molecule has 0 saturated heterocycles. The number of nitrogens with zero attached hydrogens (tertiary/aromatic N) is 1. The molecule has 10 rings (SSSR count). The van der Waals surface area contributed by atoms with Crippen LogP contribution in [-0.4, -0.2) is 6.04 Å². The van der Waals surface area contributed by atoms with Crippen LogP contribution in [0.4, 0.5) is 5.69 Å². The Kier molecular flexibility index (Phi) is 9.85. The van der Waals surface area contributed by atoms with E-state index in [2.05, 4.69) is 243 Å². The molecule has 1 nitrogen and oxygen atoms in total. The zero-order valence-electron chi connectivity index (χ0n) is 33.8. The first-order valence-electron chi connectivity index (χ1n) is 20.9. The van der Waals surface area contributed by atoms with Gasteiger partial charge in [-0.25, -0.2) is 0 Å². The van der Waals surface area contributed by atoms with Crippen LogP contribution in [0, 0.1) is 6.92 Å². The van der Waals surface area contributed by atoms with Crippen molar-refractivity contribution in [2.45, 2.75) is 19.4 Å². The number of aryl methyl sites for hydroxylation is 1. The van der Waals surface area contributed by atoms with Crippen LogP contribution >= 0.6 is 0 Å². The summed E-state index contributed by atoms with van der Waals surface area (Å²) in [6.45, 7) is 6.82. The molecule has 0 fully saturated rings. The predicted octanol–water partition coefficient (Wildman–Crippen LogP) is 15.9. The van der Waals surface area contributed by atoms with Crippen molar-refractivity contribution in [2.75, 3.05) is 4.90 Å². The maximum atomic E-state index is 4.64. The molecule has 1 unspecified atom stereocenters. The molecule has 9 aromatic carbocycles. The largest absolute Gasteiger partial charge is 0.334 e. The lowest BCUT2D eigenvalue weighted by atomic mass is 9.83. The first kappa shape index (κ1) is 36.8. The zero-order valence-corrected chi connectivity index (χ0v) is 33.8. The van der Waals surface area contributed by atoms with Gasteiger partial charge in [0.25, 0.3) is 0 Å². The number of hydrogen-bond donors (Lipinski definition) is 0. The van der Waals surface area contributed by atoms with E-state index in [1.165, 1.54) is 88.4 Å². The average molecular weight is 768 g/mol. The van der Waals surface area contributed by atoms with Gasteiger partial charge < -0.3 is 4.90 Å². The Morgan fingerprint density at radius 3 is 1.52 bits per heavy atom. The average Bonchev–Trinajstić information content (AvgIpc) is 3.32. The molecule has 9 aromatic rings. The molecule has 60 heavy (non-hydrogen) atoms. The molecule has 0 spiro atoms. The second-order valence-corrected chi connectivity index (χ2v) is 15.7. The topological polar surface area (TPSA) is 3.24 Å². The highest BCUT2D eigenvalue weighted by Crippen LogP contribution is 2.46. The molecule has 1 aliphatic carbocycles. The Bertz CT molecular complexity index is 3070. The quantitative estimate of drug-likeness (QED) is 0.132. The van der Waals surface area contributed by atoms with Gasteiger partial charge in [-0.1, -0.05) is 213 Å². The zero-order chi connectivity index (χ0) is 40.4. The van der Waals surface area contributed by atoms with Gasteiger partial charge in [0.15, 0.2) is 0 Å². The molecule has 286 valence electrons. The standard InChI is InChI=1S/C59H45N/c1-41-19-15-18-30-57(41)60(42(2)43-20-7-3-8-21-43)50-35-31-44(32-36-50)48-33-37-53-55(39-48)58(46-24-11-5-12-25-46)54-38-34-49(40-56(54)59(53)47-26-13-6-14-27-47)52-29-17-16-28-51(52)45-22-9-4-10-23-45/h3-35,37-40,50H,2,36H2,1H3. The van der Waals surface area contributed by atoms with Crippen LogP contribution in [0.2, 0.25) is 0 Å². The van der Waals surface area contributed by atoms with Gasteiger partial charge in [-0.3, -0.25) is 0 Å². The van der Waals surface area contributed by atoms with Crippen LogP contribution < -0.4 is 4.90 Å². The number of anilines is 1. The van der Waals surface area contributed by atoms with E-state index in [9.17, 15) is 0 Å². The molecule has 1 aliphatic rings. The molecule has 0 aromatic heterocycles. The van der Waals surface area contributed by atoms with Gasteiger partial charge in [0.1, 0.15) is 0 Å². The summed E-state index contributed by atoms with van der Waals surface area (Å²) in [4.78, 5) is 2.41. The third-order valence-corrected chi connectivity index (χ3v) is 12.1. The summed E-state index contributed by atoms with van der Waals surface area (Å²) in [5.74, 6) is 0. The van der Waals surface area contributed by atoms with Crippen LogP contribution in [0.5, 0.6) is 0 Å². The molecule has 0 aliphatic heterocycles. The second-order valence-electron chi connectivity index (χ2n) is 15.7. The molecule has 0 N–H and O–H groups in total. The van der Waals surface area contributed by atoms with E-state index >= 15 is 0 Å². The molecule has 0 saturated carbocycles. The number of allylic oxidation sites excluding steroid dienone is 2. The fraction of sp³-hybridized carbons (Fsp3) is 0.0508. The molecule has 0 radical (unpaired) electrons. The summed E-state index contributed by atoms with van der Waals surface area (Å²) in [6, 6.07) is 74.9. The summed E-state index contributed by atoms with van der Waals surface area (Å²) in [6.07, 6.45) is 7.95. The van der Waals surface area contributed by atoms with Crippen LogP contribution in [0.3, 0.4) is 0 Å². The lowest BCUT2D eigenvalue weighted by Crippen LogP contribution is -2.33. The Morgan fingerprint density at radius 2 is 0.950 bits per heavy atom. The predicted molar refractivity (Wildman–Crippen MR) is 258 cm³/mol. The van der Waals surface area contributed by atoms with Gasteiger partial charge in [-0.2, -0.15) is 0 Å². The van der Waals surface area contributed by atoms with E-state index in [0.717, 1.165) is 17.7 Å². The van der Waals surface area contributed by atoms with E-state index in [1.807, 2.05) is 0 Å². The minimum absolute atomic E-state index is 0.123. The molecular weight excluding hydrogens is 723 g/mol. The number of hydrogen-bond acceptors (Lipinski definition) is 1. The molecule has 1 atom stereocenters. The maximum Gasteiger partial charge on any atom is 0.0560 e. The highest BCUT2D eigenvalue weighted by molar-refractivity contribution is 6.22. The van der Waals surface area contributed by atoms with Crippen molar-refractivity contribution < 1.29 is 0 Å². The third kappa shape index (κ3) is 6.85. The normalized spacial score (nSPS) is 13.6. The van der Waals surface area contributed by atoms with E-state index in [4.69, 9.17) is 0 Å². The van der Waals surface area contributed by atoms with Crippen molar-refractivity contribution in [3.63, 3.8) is 0 Å². The Labute approximate surface area is 353 Å². The summed E-state index contributed by atoms with van der Waals surface area (Å²) in [5.41, 5.74) is 16.8. The second kappa shape index (κ2) is 16.0. The van der Waals surface area contributed by atoms with Crippen molar-refractivity contribution in [2.24, 2.45) is 0 Å². The van der Waals surface area contributed by atoms with Gasteiger partial charge in [0.2, 0.25) is 0 Å². The van der Waals surface area contributed by atoms with E-state index in [-0.39, 0.29) is 6.04 Å². The van der Waals surface area contributed by atoms with Crippen LogP contribution in [-0.2, 0) is 0 Å². The van der Waals surface area contributed by atoms with Crippen molar-refractivity contribution in [3.05, 3.63) is 248 Å². The Hall–Kier alpha value is -7.48. The van der Waals surface area contributed by atoms with Crippen LogP contribution in [0.15, 0.2) is 231 Å². The first-order valence-corrected chi connectivity index (χ1v) is 20.9. The van der Waals surface area contributed by atoms with E-state index in [0.29, 0.717) is 0 Å². The van der Waals surface area contributed by atoms with Gasteiger partial charge in [-0.15, -0.1) is 0 Å². The van der Waals surface area contributed by atoms with Crippen LogP contribution in [0.25, 0.3) is 77.3 Å². The Balaban J connectivity index is 1.13. The molecule has 1 heteroatoms. The van der Waals surface area contributed by atoms with Gasteiger partial charge in [0, 0.05) is 11.4 Å². The third-order valence-electron chi connectivity index (χ3n) is 12.1. The monoisotopic (exact) mass is 767 g/mol. The minimum atomic E-state index is 0.123. The lowest BCUT2D eigenvalue weighted by molar-refractivity contribution is 0.790. The number of para-hydroxylation sites is 1. The number of rotatable bonds is 9. The molecular formula is C59H45N. The Morgan fingerprint density at radius 1 is 0.467 bits per heavy atom. The highest BCUT2D eigenvalue weighted by atomic mass is 15.2. The van der Waals surface area contributed by atoms with Gasteiger partial charge in [-0.05, 0) is 120 Å². The van der Waals surface area contributed by atoms with E-state index in [1.54, 1.807) is 0 Å². The highest BCUT2D eigenvalue weighted by Gasteiger charge is 2.24. The maximum absolute atomic E-state index is 4.64. The first-order chi connectivity index (χ1) is 29.6. The molecule has 0 bridgehead atoms. The smallest absolute Gasteiger partial charge is 0.0560 e. The van der Waals surface area contributed by atoms with Crippen LogP contribution in [0.1, 0.15) is 23.1 Å². The SMILES string of the molecule is C=C(c1ccccc1)N(c1ccccc1C)C1C=CC(c2ccc3c(-c4ccccc4)c4cc(-c5ccccc5-c5ccccc5)ccc4c(-c4ccccc4)c3c2)=CC1. The van der Waals surface area contributed by atoms with Gasteiger partial charge >= 0.3 is 0 Å². The number of benzene rings is 9. The summed E-state index contributed by atoms with van der Waals surface area (Å²) >= 11 is 0. The van der Waals surface area contributed by atoms with Gasteiger partial charge in [0.05, 0.1) is 6.04 Å². The van der Waals surface area contributed by atoms with Crippen molar-refractivity contribution in [3.8, 4) is 44.5 Å². The minimum Gasteiger partial charge on any atom is -0.334 e. The summed E-state index contributed by atoms with van der Waals surface area (Å²) in [7, 11) is 0. The summed E-state index contributed by atoms with van der Waals surface area (Å²) < 4.78 is 0. The fourth-order valence-corrected chi connectivity index (χ4v) is 9.15.